The van der Waals surface area contributed by atoms with E-state index in [1.54, 1.807) is 0 Å². The molecule has 2 rings (SSSR count). The van der Waals surface area contributed by atoms with E-state index in [1.165, 1.54) is 6.92 Å². The van der Waals surface area contributed by atoms with Crippen molar-refractivity contribution in [2.24, 2.45) is 4.99 Å². The fourth-order valence-corrected chi connectivity index (χ4v) is 2.19. The number of alkyl halides is 9. The highest BCUT2D eigenvalue weighted by molar-refractivity contribution is 6.00. The Morgan fingerprint density at radius 2 is 1.15 bits per heavy atom. The summed E-state index contributed by atoms with van der Waals surface area (Å²) in [6, 6.07) is 4.15. The van der Waals surface area contributed by atoms with Gasteiger partial charge in [0, 0.05) is 5.71 Å². The van der Waals surface area contributed by atoms with Crippen LogP contribution in [0.15, 0.2) is 47.5 Å². The summed E-state index contributed by atoms with van der Waals surface area (Å²) >= 11 is 0. The molecule has 0 amide bonds. The zero-order chi connectivity index (χ0) is 20.6. The van der Waals surface area contributed by atoms with E-state index in [-0.39, 0.29) is 29.5 Å². The van der Waals surface area contributed by atoms with Crippen molar-refractivity contribution in [3.8, 4) is 0 Å². The van der Waals surface area contributed by atoms with Gasteiger partial charge in [-0.1, -0.05) is 12.1 Å². The number of nitrogens with zero attached hydrogens (tertiary/aromatic N) is 1. The second-order valence-corrected chi connectivity index (χ2v) is 5.50. The molecule has 0 aromatic heterocycles. The van der Waals surface area contributed by atoms with Crippen molar-refractivity contribution in [3.63, 3.8) is 0 Å². The van der Waals surface area contributed by atoms with Gasteiger partial charge in [0.05, 0.1) is 22.4 Å². The van der Waals surface area contributed by atoms with Gasteiger partial charge in [-0.15, -0.1) is 0 Å². The second kappa shape index (κ2) is 6.90. The van der Waals surface area contributed by atoms with E-state index in [1.807, 2.05) is 0 Å². The highest BCUT2D eigenvalue weighted by atomic mass is 19.4. The highest BCUT2D eigenvalue weighted by Gasteiger charge is 2.37. The van der Waals surface area contributed by atoms with Crippen molar-refractivity contribution in [3.05, 3.63) is 64.7 Å². The van der Waals surface area contributed by atoms with Crippen molar-refractivity contribution >= 4 is 11.4 Å². The molecule has 0 unspecified atom stereocenters. The van der Waals surface area contributed by atoms with Crippen LogP contribution in [0.2, 0.25) is 0 Å². The first kappa shape index (κ1) is 20.8. The summed E-state index contributed by atoms with van der Waals surface area (Å²) in [4.78, 5) is 3.58. The van der Waals surface area contributed by atoms with Crippen molar-refractivity contribution in [1.29, 1.82) is 0 Å². The quantitative estimate of drug-likeness (QED) is 0.385. The van der Waals surface area contributed by atoms with Gasteiger partial charge in [0.25, 0.3) is 0 Å². The van der Waals surface area contributed by atoms with Crippen LogP contribution in [-0.4, -0.2) is 5.71 Å². The minimum absolute atomic E-state index is 0.0357. The first-order chi connectivity index (χ1) is 12.2. The monoisotopic (exact) mass is 399 g/mol. The minimum atomic E-state index is -4.95. The Morgan fingerprint density at radius 3 is 1.59 bits per heavy atom. The lowest BCUT2D eigenvalue weighted by atomic mass is 10.1. The number of halogens is 9. The van der Waals surface area contributed by atoms with E-state index in [4.69, 9.17) is 0 Å². The molecule has 2 aromatic rings. The molecule has 0 atom stereocenters. The van der Waals surface area contributed by atoms with Crippen LogP contribution >= 0.6 is 0 Å². The molecule has 0 aliphatic heterocycles. The first-order valence-electron chi connectivity index (χ1n) is 7.21. The van der Waals surface area contributed by atoms with Crippen LogP contribution < -0.4 is 0 Å². The zero-order valence-corrected chi connectivity index (χ0v) is 13.4. The fourth-order valence-electron chi connectivity index (χ4n) is 2.19. The predicted molar refractivity (Wildman–Crippen MR) is 79.8 cm³/mol. The largest absolute Gasteiger partial charge is 0.418 e. The maximum atomic E-state index is 13.0. The van der Waals surface area contributed by atoms with Gasteiger partial charge >= 0.3 is 18.5 Å². The molecule has 2 aromatic carbocycles. The third-order valence-electron chi connectivity index (χ3n) is 3.55. The molecular formula is C17H10F9N. The molecular weight excluding hydrogens is 389 g/mol. The Balaban J connectivity index is 2.52. The lowest BCUT2D eigenvalue weighted by molar-refractivity contribution is -0.140. The lowest BCUT2D eigenvalue weighted by Crippen LogP contribution is -2.10. The van der Waals surface area contributed by atoms with Gasteiger partial charge in [-0.25, -0.2) is 0 Å². The van der Waals surface area contributed by atoms with E-state index in [0.29, 0.717) is 12.1 Å². The molecule has 0 aliphatic rings. The lowest BCUT2D eigenvalue weighted by Gasteiger charge is -2.14. The third kappa shape index (κ3) is 5.01. The SMILES string of the molecule is CC(=Nc1cc(C(F)(F)F)ccc1C(F)(F)F)c1ccc(C(F)(F)F)cc1. The molecule has 0 saturated heterocycles. The second-order valence-electron chi connectivity index (χ2n) is 5.50. The van der Waals surface area contributed by atoms with Gasteiger partial charge in [0.2, 0.25) is 0 Å². The molecule has 0 saturated carbocycles. The van der Waals surface area contributed by atoms with Gasteiger partial charge in [0.15, 0.2) is 0 Å². The molecule has 1 nitrogen and oxygen atoms in total. The zero-order valence-electron chi connectivity index (χ0n) is 13.4. The topological polar surface area (TPSA) is 12.4 Å². The number of benzene rings is 2. The van der Waals surface area contributed by atoms with E-state index in [0.717, 1.165) is 12.1 Å². The summed E-state index contributed by atoms with van der Waals surface area (Å²) in [5.41, 5.74) is -4.80. The number of rotatable bonds is 2. The van der Waals surface area contributed by atoms with E-state index < -0.39 is 40.9 Å². The van der Waals surface area contributed by atoms with Crippen LogP contribution in [0, 0.1) is 0 Å². The smallest absolute Gasteiger partial charge is 0.252 e. The Hall–Kier alpha value is -2.52. The summed E-state index contributed by atoms with van der Waals surface area (Å²) < 4.78 is 115. The van der Waals surface area contributed by atoms with Crippen LogP contribution in [0.25, 0.3) is 0 Å². The Kier molecular flexibility index (Phi) is 5.31. The maximum Gasteiger partial charge on any atom is 0.418 e. The Bertz CT molecular complexity index is 841. The summed E-state index contributed by atoms with van der Waals surface area (Å²) in [7, 11) is 0. The van der Waals surface area contributed by atoms with Gasteiger partial charge < -0.3 is 0 Å². The molecule has 0 aliphatic carbocycles. The molecule has 0 spiro atoms. The maximum absolute atomic E-state index is 13.0. The number of aliphatic imine (C=N–C) groups is 1. The van der Waals surface area contributed by atoms with Crippen molar-refractivity contribution < 1.29 is 39.5 Å². The molecule has 0 heterocycles. The molecule has 146 valence electrons. The summed E-state index contributed by atoms with van der Waals surface area (Å²) in [5, 5.41) is 0. The molecule has 0 bridgehead atoms. The third-order valence-corrected chi connectivity index (χ3v) is 3.55. The minimum Gasteiger partial charge on any atom is -0.252 e. The van der Waals surface area contributed by atoms with Crippen molar-refractivity contribution in [2.45, 2.75) is 25.5 Å². The van der Waals surface area contributed by atoms with Crippen LogP contribution in [-0.2, 0) is 18.5 Å². The average molecular weight is 399 g/mol. The molecule has 0 N–H and O–H groups in total. The summed E-state index contributed by atoms with van der Waals surface area (Å²) in [6.45, 7) is 1.18. The molecule has 0 radical (unpaired) electrons. The van der Waals surface area contributed by atoms with E-state index in [2.05, 4.69) is 4.99 Å². The van der Waals surface area contributed by atoms with Crippen LogP contribution in [0.1, 0.15) is 29.2 Å². The van der Waals surface area contributed by atoms with Crippen molar-refractivity contribution in [2.75, 3.05) is 0 Å². The number of hydrogen-bond acceptors (Lipinski definition) is 1. The number of hydrogen-bond donors (Lipinski definition) is 0. The van der Waals surface area contributed by atoms with Gasteiger partial charge in [-0.2, -0.15) is 39.5 Å². The standard InChI is InChI=1S/C17H10F9N/c1-9(10-2-4-11(5-3-10)15(18,19)20)27-14-8-12(16(21,22)23)6-7-13(14)17(24,25)26/h2-8H,1H3. The Labute approximate surface area is 147 Å². The molecule has 0 fully saturated rings. The van der Waals surface area contributed by atoms with E-state index >= 15 is 0 Å². The average Bonchev–Trinajstić information content (AvgIpc) is 2.52. The fraction of sp³-hybridized carbons (Fsp3) is 0.235. The normalized spacial score (nSPS) is 13.8. The molecule has 27 heavy (non-hydrogen) atoms. The van der Waals surface area contributed by atoms with Crippen LogP contribution in [0.4, 0.5) is 45.2 Å². The predicted octanol–water partition coefficient (Wildman–Crippen LogP) is 6.88. The summed E-state index contributed by atoms with van der Waals surface area (Å²) in [5.74, 6) is 0. The van der Waals surface area contributed by atoms with Crippen molar-refractivity contribution in [1.82, 2.24) is 0 Å². The van der Waals surface area contributed by atoms with Gasteiger partial charge in [-0.3, -0.25) is 4.99 Å². The summed E-state index contributed by atoms with van der Waals surface area (Å²) in [6.07, 6.45) is -14.4. The van der Waals surface area contributed by atoms with E-state index in [9.17, 15) is 39.5 Å². The van der Waals surface area contributed by atoms with Gasteiger partial charge in [0.1, 0.15) is 0 Å². The van der Waals surface area contributed by atoms with Gasteiger partial charge in [-0.05, 0) is 42.8 Å². The molecule has 10 heteroatoms. The van der Waals surface area contributed by atoms with Crippen LogP contribution in [0.3, 0.4) is 0 Å². The first-order valence-corrected chi connectivity index (χ1v) is 7.21. The van der Waals surface area contributed by atoms with Crippen LogP contribution in [0.5, 0.6) is 0 Å². The Morgan fingerprint density at radius 1 is 0.667 bits per heavy atom. The highest BCUT2D eigenvalue weighted by Crippen LogP contribution is 2.40.